The Bertz CT molecular complexity index is 729. The highest BCUT2D eigenvalue weighted by Gasteiger charge is 2.25. The van der Waals surface area contributed by atoms with E-state index in [1.165, 1.54) is 6.07 Å². The Kier molecular flexibility index (Phi) is 3.57. The van der Waals surface area contributed by atoms with Gasteiger partial charge in [0.1, 0.15) is 5.82 Å². The lowest BCUT2D eigenvalue weighted by Crippen LogP contribution is -2.20. The van der Waals surface area contributed by atoms with Crippen molar-refractivity contribution in [2.24, 2.45) is 0 Å². The number of hydrogen-bond donors (Lipinski definition) is 0. The average molecular weight is 348 g/mol. The third-order valence-electron chi connectivity index (χ3n) is 3.95. The number of amides is 1. The molecular formula is C17H15BrFNO. The molecule has 0 spiro atoms. The lowest BCUT2D eigenvalue weighted by molar-refractivity contribution is -0.117. The summed E-state index contributed by atoms with van der Waals surface area (Å²) in [4.78, 5) is 13.4. The van der Waals surface area contributed by atoms with Crippen LogP contribution in [-0.4, -0.2) is 13.0 Å². The Morgan fingerprint density at radius 1 is 1.19 bits per heavy atom. The van der Waals surface area contributed by atoms with E-state index in [9.17, 15) is 9.18 Å². The van der Waals surface area contributed by atoms with E-state index in [0.29, 0.717) is 12.0 Å². The molecule has 0 saturated carbocycles. The van der Waals surface area contributed by atoms with Gasteiger partial charge in [-0.3, -0.25) is 4.79 Å². The molecule has 0 aromatic heterocycles. The lowest BCUT2D eigenvalue weighted by Gasteiger charge is -2.14. The number of rotatable bonds is 2. The number of fused-ring (bicyclic) bond motifs is 1. The third kappa shape index (κ3) is 2.48. The highest BCUT2D eigenvalue weighted by molar-refractivity contribution is 9.09. The van der Waals surface area contributed by atoms with Crippen molar-refractivity contribution in [3.63, 3.8) is 0 Å². The molecule has 3 rings (SSSR count). The molecule has 21 heavy (non-hydrogen) atoms. The van der Waals surface area contributed by atoms with Gasteiger partial charge in [0, 0.05) is 12.7 Å². The second-order valence-electron chi connectivity index (χ2n) is 5.39. The quantitative estimate of drug-likeness (QED) is 0.747. The van der Waals surface area contributed by atoms with Crippen LogP contribution in [0.25, 0.3) is 0 Å². The molecule has 0 N–H and O–H groups in total. The van der Waals surface area contributed by atoms with Gasteiger partial charge in [-0.15, -0.1) is 0 Å². The second kappa shape index (κ2) is 5.26. The highest BCUT2D eigenvalue weighted by atomic mass is 79.9. The third-order valence-corrected chi connectivity index (χ3v) is 5.01. The lowest BCUT2D eigenvalue weighted by atomic mass is 10.00. The van der Waals surface area contributed by atoms with Crippen molar-refractivity contribution in [2.75, 3.05) is 11.9 Å². The van der Waals surface area contributed by atoms with Crippen molar-refractivity contribution in [2.45, 2.75) is 18.2 Å². The maximum absolute atomic E-state index is 13.4. The molecule has 0 bridgehead atoms. The van der Waals surface area contributed by atoms with Crippen LogP contribution in [0.1, 0.15) is 27.1 Å². The van der Waals surface area contributed by atoms with Gasteiger partial charge in [0.05, 0.1) is 11.2 Å². The molecule has 2 aromatic rings. The Balaban J connectivity index is 1.96. The van der Waals surface area contributed by atoms with Crippen LogP contribution in [0.5, 0.6) is 0 Å². The van der Waals surface area contributed by atoms with E-state index in [0.717, 1.165) is 22.4 Å². The van der Waals surface area contributed by atoms with Crippen LogP contribution < -0.4 is 4.90 Å². The predicted molar refractivity (Wildman–Crippen MR) is 85.5 cm³/mol. The van der Waals surface area contributed by atoms with Crippen molar-refractivity contribution in [1.82, 2.24) is 0 Å². The zero-order valence-electron chi connectivity index (χ0n) is 11.9. The molecule has 1 amide bonds. The second-order valence-corrected chi connectivity index (χ2v) is 6.30. The summed E-state index contributed by atoms with van der Waals surface area (Å²) in [5.41, 5.74) is 4.73. The van der Waals surface area contributed by atoms with Crippen LogP contribution in [0.2, 0.25) is 0 Å². The van der Waals surface area contributed by atoms with Gasteiger partial charge in [0.25, 0.3) is 0 Å². The van der Waals surface area contributed by atoms with Crippen LogP contribution in [0.3, 0.4) is 0 Å². The van der Waals surface area contributed by atoms with Crippen molar-refractivity contribution in [1.29, 1.82) is 0 Å². The minimum atomic E-state index is -0.195. The van der Waals surface area contributed by atoms with E-state index in [4.69, 9.17) is 0 Å². The molecule has 4 heteroatoms. The fourth-order valence-corrected chi connectivity index (χ4v) is 3.24. The molecular weight excluding hydrogens is 333 g/mol. The molecule has 1 aliphatic heterocycles. The summed E-state index contributed by atoms with van der Waals surface area (Å²) < 4.78 is 13.4. The van der Waals surface area contributed by atoms with Gasteiger partial charge in [-0.05, 0) is 41.3 Å². The first-order valence-corrected chi connectivity index (χ1v) is 7.68. The number of likely N-dealkylation sites (N-methyl/N-ethyl adjacent to an activating group) is 1. The predicted octanol–water partition coefficient (Wildman–Crippen LogP) is 4.14. The topological polar surface area (TPSA) is 20.3 Å². The first kappa shape index (κ1) is 14.3. The maximum Gasteiger partial charge on any atom is 0.231 e. The van der Waals surface area contributed by atoms with Crippen LogP contribution in [-0.2, 0) is 11.2 Å². The van der Waals surface area contributed by atoms with E-state index in [1.807, 2.05) is 18.2 Å². The van der Waals surface area contributed by atoms with Crippen LogP contribution in [0.15, 0.2) is 36.4 Å². The largest absolute Gasteiger partial charge is 0.315 e. The first-order valence-electron chi connectivity index (χ1n) is 6.77. The van der Waals surface area contributed by atoms with Gasteiger partial charge in [0.2, 0.25) is 5.91 Å². The molecule has 0 aliphatic carbocycles. The fraction of sp³-hybridized carbons (Fsp3) is 0.235. The minimum Gasteiger partial charge on any atom is -0.315 e. The van der Waals surface area contributed by atoms with Gasteiger partial charge in [0.15, 0.2) is 0 Å². The van der Waals surface area contributed by atoms with Crippen molar-refractivity contribution in [3.8, 4) is 0 Å². The van der Waals surface area contributed by atoms with Gasteiger partial charge in [-0.25, -0.2) is 4.39 Å². The van der Waals surface area contributed by atoms with E-state index in [1.54, 1.807) is 24.9 Å². The average Bonchev–Trinajstić information content (AvgIpc) is 2.76. The van der Waals surface area contributed by atoms with E-state index >= 15 is 0 Å². The first-order chi connectivity index (χ1) is 9.97. The van der Waals surface area contributed by atoms with Crippen LogP contribution >= 0.6 is 15.9 Å². The molecule has 0 fully saturated rings. The van der Waals surface area contributed by atoms with Crippen LogP contribution in [0.4, 0.5) is 10.1 Å². The molecule has 0 radical (unpaired) electrons. The van der Waals surface area contributed by atoms with Crippen molar-refractivity contribution < 1.29 is 9.18 Å². The van der Waals surface area contributed by atoms with Crippen molar-refractivity contribution in [3.05, 3.63) is 64.5 Å². The van der Waals surface area contributed by atoms with Gasteiger partial charge >= 0.3 is 0 Å². The summed E-state index contributed by atoms with van der Waals surface area (Å²) in [5.74, 6) is -0.0782. The Morgan fingerprint density at radius 3 is 2.57 bits per heavy atom. The Labute approximate surface area is 131 Å². The zero-order chi connectivity index (χ0) is 15.1. The summed E-state index contributed by atoms with van der Waals surface area (Å²) in [6, 6.07) is 11.1. The number of nitrogens with zero attached hydrogens (tertiary/aromatic N) is 1. The summed E-state index contributed by atoms with van der Waals surface area (Å²) >= 11 is 3.67. The van der Waals surface area contributed by atoms with Gasteiger partial charge in [-0.2, -0.15) is 0 Å². The molecule has 2 nitrogen and oxygen atoms in total. The molecule has 1 aliphatic rings. The number of halogens is 2. The SMILES string of the molecule is Cc1cc(C(Br)c2ccc3c(c2)CC(=O)N3C)ccc1F. The monoisotopic (exact) mass is 347 g/mol. The zero-order valence-corrected chi connectivity index (χ0v) is 13.4. The summed E-state index contributed by atoms with van der Waals surface area (Å²) in [6.07, 6.45) is 0.446. The highest BCUT2D eigenvalue weighted by Crippen LogP contribution is 2.36. The normalized spacial score (nSPS) is 15.2. The summed E-state index contributed by atoms with van der Waals surface area (Å²) in [5, 5.41) is 0. The molecule has 2 aromatic carbocycles. The van der Waals surface area contributed by atoms with Crippen LogP contribution in [0, 0.1) is 12.7 Å². The smallest absolute Gasteiger partial charge is 0.231 e. The molecule has 108 valence electrons. The Morgan fingerprint density at radius 2 is 1.86 bits per heavy atom. The molecule has 1 atom stereocenters. The molecule has 0 saturated heterocycles. The Hall–Kier alpha value is -1.68. The number of benzene rings is 2. The number of anilines is 1. The van der Waals surface area contributed by atoms with Crippen molar-refractivity contribution >= 4 is 27.5 Å². The van der Waals surface area contributed by atoms with Gasteiger partial charge in [-0.1, -0.05) is 40.2 Å². The number of carbonyl (C=O) groups excluding carboxylic acids is 1. The maximum atomic E-state index is 13.4. The van der Waals surface area contributed by atoms with E-state index in [-0.39, 0.29) is 16.6 Å². The number of carbonyl (C=O) groups is 1. The number of aryl methyl sites for hydroxylation is 1. The van der Waals surface area contributed by atoms with Gasteiger partial charge < -0.3 is 4.90 Å². The number of hydrogen-bond acceptors (Lipinski definition) is 1. The fourth-order valence-electron chi connectivity index (χ4n) is 2.67. The van der Waals surface area contributed by atoms with E-state index < -0.39 is 0 Å². The number of alkyl halides is 1. The van der Waals surface area contributed by atoms with E-state index in [2.05, 4.69) is 22.0 Å². The summed E-state index contributed by atoms with van der Waals surface area (Å²) in [7, 11) is 1.79. The molecule has 1 heterocycles. The minimum absolute atomic E-state index is 0.0110. The molecule has 1 unspecified atom stereocenters. The standard InChI is InChI=1S/C17H15BrFNO/c1-10-7-11(3-5-14(10)19)17(18)12-4-6-15-13(8-12)9-16(21)20(15)2/h3-8,17H,9H2,1-2H3. The summed E-state index contributed by atoms with van der Waals surface area (Å²) in [6.45, 7) is 1.76.